The Hall–Kier alpha value is -3.46. The normalized spacial score (nSPS) is 11.4. The fraction of sp³-hybridized carbons (Fsp3) is 0.222. The molecule has 0 spiro atoms. The lowest BCUT2D eigenvalue weighted by atomic mass is 10.1. The second-order valence-electron chi connectivity index (χ2n) is 5.65. The lowest BCUT2D eigenvalue weighted by molar-refractivity contribution is -0.384. The topological polar surface area (TPSA) is 131 Å². The number of nitrogens with one attached hydrogen (secondary N) is 2. The number of carboxylic acids is 1. The predicted molar refractivity (Wildman–Crippen MR) is 97.6 cm³/mol. The average molecular weight is 373 g/mol. The van der Waals surface area contributed by atoms with Crippen LogP contribution in [0.4, 0.5) is 11.4 Å². The van der Waals surface area contributed by atoms with Crippen molar-refractivity contribution in [1.82, 2.24) is 5.32 Å². The van der Waals surface area contributed by atoms with Crippen molar-refractivity contribution in [3.63, 3.8) is 0 Å². The van der Waals surface area contributed by atoms with E-state index in [1.54, 1.807) is 0 Å². The minimum Gasteiger partial charge on any atom is -0.494 e. The van der Waals surface area contributed by atoms with E-state index in [4.69, 9.17) is 4.74 Å². The van der Waals surface area contributed by atoms with Gasteiger partial charge in [-0.05, 0) is 11.6 Å². The van der Waals surface area contributed by atoms with Crippen LogP contribution in [0.3, 0.4) is 0 Å². The number of ether oxygens (including phenoxy) is 1. The molecular formula is C18H19N3O6. The highest BCUT2D eigenvalue weighted by Crippen LogP contribution is 2.29. The summed E-state index contributed by atoms with van der Waals surface area (Å²) in [6.07, 6.45) is -0.317. The molecule has 0 aliphatic carbocycles. The number of aliphatic carboxylic acids is 1. The van der Waals surface area contributed by atoms with Gasteiger partial charge in [-0.1, -0.05) is 30.3 Å². The number of benzene rings is 2. The molecule has 0 heterocycles. The van der Waals surface area contributed by atoms with Crippen molar-refractivity contribution in [2.75, 3.05) is 12.4 Å². The molecule has 0 saturated heterocycles. The second kappa shape index (κ2) is 9.30. The zero-order valence-corrected chi connectivity index (χ0v) is 14.5. The summed E-state index contributed by atoms with van der Waals surface area (Å²) in [4.78, 5) is 33.9. The van der Waals surface area contributed by atoms with Crippen LogP contribution < -0.4 is 15.4 Å². The third-order valence-electron chi connectivity index (χ3n) is 3.75. The Morgan fingerprint density at radius 2 is 1.93 bits per heavy atom. The van der Waals surface area contributed by atoms with Crippen LogP contribution in [0.25, 0.3) is 0 Å². The summed E-state index contributed by atoms with van der Waals surface area (Å²) >= 11 is 0. The van der Waals surface area contributed by atoms with Crippen molar-refractivity contribution < 1.29 is 24.4 Å². The van der Waals surface area contributed by atoms with E-state index >= 15 is 0 Å². The molecule has 0 fully saturated rings. The Bertz CT molecular complexity index is 825. The molecule has 0 aliphatic rings. The van der Waals surface area contributed by atoms with Crippen LogP contribution in [0.1, 0.15) is 12.0 Å². The third-order valence-corrected chi connectivity index (χ3v) is 3.75. The molecule has 142 valence electrons. The van der Waals surface area contributed by atoms with Crippen LogP contribution in [0.5, 0.6) is 5.75 Å². The third kappa shape index (κ3) is 5.79. The van der Waals surface area contributed by atoms with Gasteiger partial charge in [0, 0.05) is 12.6 Å². The van der Waals surface area contributed by atoms with E-state index in [2.05, 4.69) is 10.6 Å². The van der Waals surface area contributed by atoms with Crippen molar-refractivity contribution in [3.8, 4) is 5.75 Å². The summed E-state index contributed by atoms with van der Waals surface area (Å²) < 4.78 is 5.04. The second-order valence-corrected chi connectivity index (χ2v) is 5.65. The smallest absolute Gasteiger partial charge is 0.321 e. The number of amides is 1. The number of rotatable bonds is 9. The van der Waals surface area contributed by atoms with Gasteiger partial charge < -0.3 is 15.2 Å². The van der Waals surface area contributed by atoms with Crippen molar-refractivity contribution in [3.05, 3.63) is 64.2 Å². The van der Waals surface area contributed by atoms with Crippen LogP contribution in [0.2, 0.25) is 0 Å². The maximum atomic E-state index is 12.2. The van der Waals surface area contributed by atoms with E-state index in [-0.39, 0.29) is 23.5 Å². The van der Waals surface area contributed by atoms with E-state index in [9.17, 15) is 24.8 Å². The molecule has 2 aromatic carbocycles. The highest BCUT2D eigenvalue weighted by Gasteiger charge is 2.22. The molecule has 0 aliphatic heterocycles. The molecule has 9 nitrogen and oxygen atoms in total. The predicted octanol–water partition coefficient (Wildman–Crippen LogP) is 2.17. The van der Waals surface area contributed by atoms with Crippen molar-refractivity contribution in [2.45, 2.75) is 19.0 Å². The zero-order chi connectivity index (χ0) is 19.8. The summed E-state index contributed by atoms with van der Waals surface area (Å²) in [7, 11) is 1.32. The molecule has 2 rings (SSSR count). The molecule has 2 aromatic rings. The van der Waals surface area contributed by atoms with Gasteiger partial charge in [0.1, 0.15) is 11.8 Å². The van der Waals surface area contributed by atoms with Gasteiger partial charge in [0.15, 0.2) is 0 Å². The fourth-order valence-corrected chi connectivity index (χ4v) is 2.37. The highest BCUT2D eigenvalue weighted by molar-refractivity contribution is 5.95. The Morgan fingerprint density at radius 3 is 2.52 bits per heavy atom. The molecule has 0 aromatic heterocycles. The van der Waals surface area contributed by atoms with E-state index in [1.807, 2.05) is 30.3 Å². The van der Waals surface area contributed by atoms with Crippen LogP contribution in [0.15, 0.2) is 48.5 Å². The lowest BCUT2D eigenvalue weighted by Crippen LogP contribution is -2.39. The standard InChI is InChI=1S/C18H19N3O6/c1-27-16-9-13(21(25)26)7-8-14(16)20-17(22)10-15(18(23)24)19-11-12-5-3-2-4-6-12/h2-9,15,19H,10-11H2,1H3,(H,20,22)(H,23,24). The number of non-ortho nitro benzene ring substituents is 1. The van der Waals surface area contributed by atoms with E-state index in [1.165, 1.54) is 25.3 Å². The highest BCUT2D eigenvalue weighted by atomic mass is 16.6. The molecule has 9 heteroatoms. The number of carbonyl (C=O) groups is 2. The zero-order valence-electron chi connectivity index (χ0n) is 14.5. The summed E-state index contributed by atoms with van der Waals surface area (Å²) in [6.45, 7) is 0.298. The number of anilines is 1. The van der Waals surface area contributed by atoms with Crippen LogP contribution >= 0.6 is 0 Å². The van der Waals surface area contributed by atoms with E-state index < -0.39 is 22.8 Å². The number of nitro groups is 1. The molecule has 27 heavy (non-hydrogen) atoms. The first-order chi connectivity index (χ1) is 12.9. The van der Waals surface area contributed by atoms with Gasteiger partial charge in [-0.3, -0.25) is 25.0 Å². The summed E-state index contributed by atoms with van der Waals surface area (Å²) in [5.74, 6) is -1.60. The Balaban J connectivity index is 2.01. The van der Waals surface area contributed by atoms with Crippen LogP contribution in [-0.4, -0.2) is 35.1 Å². The van der Waals surface area contributed by atoms with Gasteiger partial charge in [-0.2, -0.15) is 0 Å². The number of methoxy groups -OCH3 is 1. The first-order valence-electron chi connectivity index (χ1n) is 8.03. The largest absolute Gasteiger partial charge is 0.494 e. The van der Waals surface area contributed by atoms with Crippen LogP contribution in [0, 0.1) is 10.1 Å². The SMILES string of the molecule is COc1cc([N+](=O)[O-])ccc1NC(=O)CC(NCc1ccccc1)C(=O)O. The van der Waals surface area contributed by atoms with Crippen LogP contribution in [-0.2, 0) is 16.1 Å². The number of hydrogen-bond acceptors (Lipinski definition) is 6. The quantitative estimate of drug-likeness (QED) is 0.453. The minimum atomic E-state index is -1.16. The number of hydrogen-bond donors (Lipinski definition) is 3. The number of nitro benzene ring substituents is 1. The summed E-state index contributed by atoms with van der Waals surface area (Å²) in [5, 5.41) is 25.5. The molecule has 0 saturated carbocycles. The summed E-state index contributed by atoms with van der Waals surface area (Å²) in [5.41, 5.74) is 0.930. The monoisotopic (exact) mass is 373 g/mol. The minimum absolute atomic E-state index is 0.113. The fourth-order valence-electron chi connectivity index (χ4n) is 2.37. The first kappa shape index (κ1) is 19.9. The van der Waals surface area contributed by atoms with Gasteiger partial charge in [-0.25, -0.2) is 0 Å². The molecular weight excluding hydrogens is 354 g/mol. The van der Waals surface area contributed by atoms with Crippen molar-refractivity contribution in [1.29, 1.82) is 0 Å². The average Bonchev–Trinajstić information content (AvgIpc) is 2.65. The molecule has 0 bridgehead atoms. The van der Waals surface area contributed by atoms with Gasteiger partial charge in [-0.15, -0.1) is 0 Å². The Morgan fingerprint density at radius 1 is 1.22 bits per heavy atom. The van der Waals surface area contributed by atoms with Crippen molar-refractivity contribution >= 4 is 23.3 Å². The molecule has 1 unspecified atom stereocenters. The number of carbonyl (C=O) groups excluding carboxylic acids is 1. The Labute approximate surface area is 155 Å². The number of nitrogens with zero attached hydrogens (tertiary/aromatic N) is 1. The first-order valence-corrected chi connectivity index (χ1v) is 8.03. The Kier molecular flexibility index (Phi) is 6.84. The van der Waals surface area contributed by atoms with Crippen molar-refractivity contribution in [2.24, 2.45) is 0 Å². The summed E-state index contributed by atoms with van der Waals surface area (Å²) in [6, 6.07) is 11.8. The lowest BCUT2D eigenvalue weighted by Gasteiger charge is -2.15. The van der Waals surface area contributed by atoms with E-state index in [0.29, 0.717) is 6.54 Å². The number of carboxylic acid groups (broad SMARTS) is 1. The van der Waals surface area contributed by atoms with E-state index in [0.717, 1.165) is 5.56 Å². The molecule has 1 atom stereocenters. The van der Waals surface area contributed by atoms with Gasteiger partial charge in [0.25, 0.3) is 5.69 Å². The molecule has 0 radical (unpaired) electrons. The molecule has 1 amide bonds. The molecule has 3 N–H and O–H groups in total. The maximum absolute atomic E-state index is 12.2. The van der Waals surface area contributed by atoms with Gasteiger partial charge in [0.05, 0.1) is 30.2 Å². The maximum Gasteiger partial charge on any atom is 0.321 e. The van der Waals surface area contributed by atoms with Gasteiger partial charge >= 0.3 is 5.97 Å². The van der Waals surface area contributed by atoms with Gasteiger partial charge in [0.2, 0.25) is 5.91 Å².